The van der Waals surface area contributed by atoms with Crippen LogP contribution in [0.15, 0.2) is 46.3 Å². The van der Waals surface area contributed by atoms with Crippen LogP contribution in [0.5, 0.6) is 0 Å². The summed E-state index contributed by atoms with van der Waals surface area (Å²) in [5, 5.41) is 4.29. The molecule has 2 aromatic rings. The zero-order chi connectivity index (χ0) is 25.1. The topological polar surface area (TPSA) is 143 Å². The molecular formula is C24H38N6O3S. The molecule has 10 heteroatoms. The third kappa shape index (κ3) is 7.88. The molecule has 34 heavy (non-hydrogen) atoms. The predicted molar refractivity (Wildman–Crippen MR) is 139 cm³/mol. The maximum Gasteiger partial charge on any atom is 0.241 e. The Labute approximate surface area is 203 Å². The lowest BCUT2D eigenvalue weighted by atomic mass is 10.1. The molecule has 0 saturated carbocycles. The third-order valence-electron chi connectivity index (χ3n) is 5.52. The molecule has 0 spiro atoms. The van der Waals surface area contributed by atoms with Crippen molar-refractivity contribution >= 4 is 38.3 Å². The van der Waals surface area contributed by atoms with Gasteiger partial charge < -0.3 is 21.7 Å². The number of fused-ring (bicyclic) bond motifs is 1. The molecular weight excluding hydrogens is 452 g/mol. The third-order valence-corrected chi connectivity index (χ3v) is 7.05. The Hall–Kier alpha value is -2.85. The molecule has 0 aliphatic rings. The molecule has 9 nitrogen and oxygen atoms in total. The maximum absolute atomic E-state index is 13.4. The summed E-state index contributed by atoms with van der Waals surface area (Å²) < 4.78 is 29.5. The van der Waals surface area contributed by atoms with Crippen molar-refractivity contribution in [1.29, 1.82) is 0 Å². The number of nitrogens with zero attached hydrogens (tertiary/aromatic N) is 2. The lowest BCUT2D eigenvalue weighted by Gasteiger charge is -2.20. The first-order valence-electron chi connectivity index (χ1n) is 11.7. The van der Waals surface area contributed by atoms with E-state index in [9.17, 15) is 13.2 Å². The van der Waals surface area contributed by atoms with Crippen molar-refractivity contribution in [3.05, 3.63) is 36.4 Å². The molecule has 0 aliphatic heterocycles. The molecule has 6 N–H and O–H groups in total. The van der Waals surface area contributed by atoms with Crippen molar-refractivity contribution < 1.29 is 13.2 Å². The van der Waals surface area contributed by atoms with E-state index >= 15 is 0 Å². The fourth-order valence-corrected chi connectivity index (χ4v) is 5.22. The summed E-state index contributed by atoms with van der Waals surface area (Å²) >= 11 is 0. The van der Waals surface area contributed by atoms with Gasteiger partial charge in [-0.05, 0) is 31.4 Å². The van der Waals surface area contributed by atoms with Crippen molar-refractivity contribution in [3.8, 4) is 0 Å². The second kappa shape index (κ2) is 13.1. The van der Waals surface area contributed by atoms with Crippen LogP contribution in [-0.2, 0) is 14.8 Å². The van der Waals surface area contributed by atoms with Crippen LogP contribution < -0.4 is 26.4 Å². The van der Waals surface area contributed by atoms with Gasteiger partial charge in [0.25, 0.3) is 0 Å². The van der Waals surface area contributed by atoms with Gasteiger partial charge in [0.15, 0.2) is 5.96 Å². The number of guanidine groups is 1. The largest absolute Gasteiger partial charge is 0.377 e. The molecule has 2 aromatic carbocycles. The molecule has 2 rings (SSSR count). The van der Waals surface area contributed by atoms with Crippen LogP contribution in [0.3, 0.4) is 0 Å². The molecule has 1 atom stereocenters. The van der Waals surface area contributed by atoms with Crippen LogP contribution in [0.4, 0.5) is 5.69 Å². The lowest BCUT2D eigenvalue weighted by molar-refractivity contribution is -0.122. The molecule has 188 valence electrons. The number of unbranched alkanes of at least 4 members (excludes halogenated alkanes) is 3. The van der Waals surface area contributed by atoms with Gasteiger partial charge in [-0.2, -0.15) is 4.72 Å². The Morgan fingerprint density at radius 3 is 2.41 bits per heavy atom. The summed E-state index contributed by atoms with van der Waals surface area (Å²) in [5.41, 5.74) is 11.7. The van der Waals surface area contributed by atoms with E-state index in [1.807, 2.05) is 37.2 Å². The number of aliphatic imine (C=N–C) groups is 1. The summed E-state index contributed by atoms with van der Waals surface area (Å²) in [5.74, 6) is -0.385. The van der Waals surface area contributed by atoms with Gasteiger partial charge >= 0.3 is 0 Å². The Morgan fingerprint density at radius 2 is 1.74 bits per heavy atom. The van der Waals surface area contributed by atoms with Gasteiger partial charge in [0.05, 0.1) is 4.90 Å². The standard InChI is InChI=1S/C24H38N6O3S/c1-4-5-6-7-16-27-23(31)20(13-10-17-28-24(25)26)29-34(32,33)22-15-9-11-18-19(22)12-8-14-21(18)30(2)3/h8-9,11-12,14-15,20,29H,4-7,10,13,16-17H2,1-3H3,(H,27,31)(H4,25,26,28). The first kappa shape index (κ1) is 27.4. The fourth-order valence-electron chi connectivity index (χ4n) is 3.77. The Bertz CT molecular complexity index is 1080. The van der Waals surface area contributed by atoms with E-state index in [2.05, 4.69) is 22.0 Å². The SMILES string of the molecule is CCCCCCNC(=O)C(CCCN=C(N)N)NS(=O)(=O)c1cccc2c(N(C)C)cccc12. The van der Waals surface area contributed by atoms with E-state index < -0.39 is 16.1 Å². The van der Waals surface area contributed by atoms with Crippen LogP contribution >= 0.6 is 0 Å². The minimum Gasteiger partial charge on any atom is -0.377 e. The van der Waals surface area contributed by atoms with Crippen molar-refractivity contribution in [3.63, 3.8) is 0 Å². The van der Waals surface area contributed by atoms with E-state index in [-0.39, 0.29) is 23.2 Å². The highest BCUT2D eigenvalue weighted by atomic mass is 32.2. The van der Waals surface area contributed by atoms with Crippen LogP contribution in [0.2, 0.25) is 0 Å². The second-order valence-corrected chi connectivity index (χ2v) is 10.2. The smallest absolute Gasteiger partial charge is 0.241 e. The number of carbonyl (C=O) groups excluding carboxylic acids is 1. The van der Waals surface area contributed by atoms with Gasteiger partial charge in [-0.1, -0.05) is 50.5 Å². The number of hydrogen-bond acceptors (Lipinski definition) is 5. The lowest BCUT2D eigenvalue weighted by Crippen LogP contribution is -2.47. The Morgan fingerprint density at radius 1 is 1.03 bits per heavy atom. The number of carbonyl (C=O) groups is 1. The van der Waals surface area contributed by atoms with Gasteiger partial charge in [0.2, 0.25) is 15.9 Å². The van der Waals surface area contributed by atoms with Crippen LogP contribution in [0.25, 0.3) is 10.8 Å². The number of nitrogens with two attached hydrogens (primary N) is 2. The summed E-state index contributed by atoms with van der Waals surface area (Å²) in [6.45, 7) is 2.94. The van der Waals surface area contributed by atoms with E-state index in [0.29, 0.717) is 24.9 Å². The summed E-state index contributed by atoms with van der Waals surface area (Å²) in [4.78, 5) is 18.9. The highest BCUT2D eigenvalue weighted by molar-refractivity contribution is 7.89. The van der Waals surface area contributed by atoms with Crippen LogP contribution in [0.1, 0.15) is 45.4 Å². The molecule has 0 radical (unpaired) electrons. The second-order valence-electron chi connectivity index (χ2n) is 8.50. The summed E-state index contributed by atoms with van der Waals surface area (Å²) in [7, 11) is -0.164. The Balaban J connectivity index is 2.26. The number of anilines is 1. The monoisotopic (exact) mass is 490 g/mol. The number of sulfonamides is 1. The van der Waals surface area contributed by atoms with E-state index in [4.69, 9.17) is 11.5 Å². The first-order chi connectivity index (χ1) is 16.2. The molecule has 0 bridgehead atoms. The van der Waals surface area contributed by atoms with Crippen LogP contribution in [-0.4, -0.2) is 53.5 Å². The molecule has 0 aliphatic carbocycles. The van der Waals surface area contributed by atoms with Crippen LogP contribution in [0, 0.1) is 0 Å². The minimum absolute atomic E-state index is 0.0371. The molecule has 0 heterocycles. The fraction of sp³-hybridized carbons (Fsp3) is 0.500. The number of hydrogen-bond donors (Lipinski definition) is 4. The van der Waals surface area contributed by atoms with Crippen molar-refractivity contribution in [2.24, 2.45) is 16.5 Å². The average Bonchev–Trinajstić information content (AvgIpc) is 2.79. The zero-order valence-electron chi connectivity index (χ0n) is 20.4. The van der Waals surface area contributed by atoms with Gasteiger partial charge in [-0.3, -0.25) is 9.79 Å². The highest BCUT2D eigenvalue weighted by Crippen LogP contribution is 2.30. The average molecular weight is 491 g/mol. The highest BCUT2D eigenvalue weighted by Gasteiger charge is 2.27. The predicted octanol–water partition coefficient (Wildman–Crippen LogP) is 2.30. The van der Waals surface area contributed by atoms with Gasteiger partial charge in [-0.25, -0.2) is 8.42 Å². The minimum atomic E-state index is -3.98. The van der Waals surface area contributed by atoms with E-state index in [1.165, 1.54) is 0 Å². The summed E-state index contributed by atoms with van der Waals surface area (Å²) in [6.07, 6.45) is 4.78. The maximum atomic E-state index is 13.4. The zero-order valence-corrected chi connectivity index (χ0v) is 21.2. The van der Waals surface area contributed by atoms with E-state index in [1.54, 1.807) is 18.2 Å². The molecule has 1 amide bonds. The molecule has 0 aromatic heterocycles. The quantitative estimate of drug-likeness (QED) is 0.182. The van der Waals surface area contributed by atoms with Crippen molar-refractivity contribution in [2.75, 3.05) is 32.1 Å². The summed E-state index contributed by atoms with van der Waals surface area (Å²) in [6, 6.07) is 9.77. The number of benzene rings is 2. The van der Waals surface area contributed by atoms with Crippen molar-refractivity contribution in [1.82, 2.24) is 10.0 Å². The number of nitrogens with one attached hydrogen (secondary N) is 2. The van der Waals surface area contributed by atoms with Gasteiger partial charge in [-0.15, -0.1) is 0 Å². The molecule has 0 fully saturated rings. The van der Waals surface area contributed by atoms with Crippen molar-refractivity contribution in [2.45, 2.75) is 56.4 Å². The molecule has 1 unspecified atom stereocenters. The van der Waals surface area contributed by atoms with Gasteiger partial charge in [0.1, 0.15) is 6.04 Å². The number of amides is 1. The molecule has 0 saturated heterocycles. The first-order valence-corrected chi connectivity index (χ1v) is 13.2. The number of rotatable bonds is 14. The Kier molecular flexibility index (Phi) is 10.6. The normalized spacial score (nSPS) is 12.3. The van der Waals surface area contributed by atoms with E-state index in [0.717, 1.165) is 36.8 Å². The van der Waals surface area contributed by atoms with Gasteiger partial charge in [0, 0.05) is 43.6 Å².